The summed E-state index contributed by atoms with van der Waals surface area (Å²) in [4.78, 5) is 32.5. The number of nitrogens with two attached hydrogens (primary N) is 1. The van der Waals surface area contributed by atoms with Crippen molar-refractivity contribution in [2.24, 2.45) is 0 Å². The lowest BCUT2D eigenvalue weighted by Gasteiger charge is -2.24. The van der Waals surface area contributed by atoms with Gasteiger partial charge in [0.15, 0.2) is 0 Å². The smallest absolute Gasteiger partial charge is 0.260 e. The molecule has 3 aromatic rings. The van der Waals surface area contributed by atoms with Gasteiger partial charge in [-0.15, -0.1) is 0 Å². The lowest BCUT2D eigenvalue weighted by molar-refractivity contribution is -0.130. The number of rotatable bonds is 4. The quantitative estimate of drug-likeness (QED) is 0.621. The Balaban J connectivity index is 1.44. The van der Waals surface area contributed by atoms with Crippen molar-refractivity contribution < 1.29 is 9.59 Å². The number of carbonyl (C=O) groups is 2. The van der Waals surface area contributed by atoms with Gasteiger partial charge in [-0.3, -0.25) is 14.5 Å². The summed E-state index contributed by atoms with van der Waals surface area (Å²) >= 11 is 0. The van der Waals surface area contributed by atoms with E-state index in [0.29, 0.717) is 24.3 Å². The highest BCUT2D eigenvalue weighted by molar-refractivity contribution is 6.12. The summed E-state index contributed by atoms with van der Waals surface area (Å²) in [7, 11) is 0. The summed E-state index contributed by atoms with van der Waals surface area (Å²) < 4.78 is 0. The van der Waals surface area contributed by atoms with Crippen LogP contribution in [0.25, 0.3) is 0 Å². The minimum atomic E-state index is -0.247. The number of nitrogens with zero attached hydrogens (tertiary/aromatic N) is 3. The molecule has 6 heteroatoms. The maximum atomic E-state index is 13.6. The molecular formula is C27H28N4O2. The van der Waals surface area contributed by atoms with E-state index in [2.05, 4.69) is 4.90 Å². The maximum absolute atomic E-state index is 13.6. The number of benzene rings is 3. The Morgan fingerprint density at radius 3 is 2.36 bits per heavy atom. The molecule has 1 fully saturated rings. The van der Waals surface area contributed by atoms with E-state index in [9.17, 15) is 9.59 Å². The van der Waals surface area contributed by atoms with Crippen LogP contribution in [0.15, 0.2) is 72.8 Å². The van der Waals surface area contributed by atoms with E-state index in [0.717, 1.165) is 35.6 Å². The van der Waals surface area contributed by atoms with Crippen LogP contribution in [0.3, 0.4) is 0 Å². The molecule has 0 radical (unpaired) electrons. The van der Waals surface area contributed by atoms with Crippen LogP contribution in [0.1, 0.15) is 34.3 Å². The fourth-order valence-corrected chi connectivity index (χ4v) is 4.71. The van der Waals surface area contributed by atoms with E-state index in [1.807, 2.05) is 66.7 Å². The lowest BCUT2D eigenvalue weighted by Crippen LogP contribution is -2.40. The molecule has 0 aliphatic carbocycles. The Morgan fingerprint density at radius 1 is 0.879 bits per heavy atom. The van der Waals surface area contributed by atoms with Gasteiger partial charge in [-0.05, 0) is 48.2 Å². The summed E-state index contributed by atoms with van der Waals surface area (Å²) in [5.41, 5.74) is 11.0. The molecule has 0 aromatic heterocycles. The monoisotopic (exact) mass is 440 g/mol. The van der Waals surface area contributed by atoms with Crippen molar-refractivity contribution in [1.29, 1.82) is 0 Å². The lowest BCUT2D eigenvalue weighted by atomic mass is 10.1. The van der Waals surface area contributed by atoms with Crippen molar-refractivity contribution >= 4 is 28.9 Å². The highest BCUT2D eigenvalue weighted by atomic mass is 16.2. The minimum absolute atomic E-state index is 0.0179. The van der Waals surface area contributed by atoms with E-state index >= 15 is 0 Å². The van der Waals surface area contributed by atoms with Crippen molar-refractivity contribution in [1.82, 2.24) is 4.90 Å². The zero-order valence-electron chi connectivity index (χ0n) is 18.6. The number of carbonyl (C=O) groups excluding carboxylic acids is 2. The van der Waals surface area contributed by atoms with Crippen LogP contribution in [0.5, 0.6) is 0 Å². The third-order valence-corrected chi connectivity index (χ3v) is 6.49. The highest BCUT2D eigenvalue weighted by Gasteiger charge is 2.30. The second-order valence-corrected chi connectivity index (χ2v) is 8.72. The molecule has 2 N–H and O–H groups in total. The molecule has 0 atom stereocenters. The predicted molar refractivity (Wildman–Crippen MR) is 131 cm³/mol. The first-order valence-electron chi connectivity index (χ1n) is 11.5. The molecule has 2 aliphatic rings. The number of amides is 2. The molecule has 0 spiro atoms. The van der Waals surface area contributed by atoms with Gasteiger partial charge in [0.2, 0.25) is 5.91 Å². The van der Waals surface area contributed by atoms with Gasteiger partial charge < -0.3 is 15.5 Å². The van der Waals surface area contributed by atoms with Crippen LogP contribution in [0.4, 0.5) is 17.1 Å². The van der Waals surface area contributed by atoms with Crippen molar-refractivity contribution in [2.45, 2.75) is 25.9 Å². The maximum Gasteiger partial charge on any atom is 0.260 e. The van der Waals surface area contributed by atoms with Crippen molar-refractivity contribution in [3.8, 4) is 0 Å². The third kappa shape index (κ3) is 4.29. The standard InChI is InChI=1S/C27H28N4O2/c28-24-16-22(29-14-6-7-15-29)12-13-23(24)27(33)31-19-26(32)30(17-20-8-2-1-3-9-20)18-21-10-4-5-11-25(21)31/h1-5,8-13,16H,6-7,14-15,17-19,28H2. The number of nitrogen functional groups attached to an aromatic ring is 1. The first-order valence-corrected chi connectivity index (χ1v) is 11.5. The van der Waals surface area contributed by atoms with Crippen LogP contribution in [0.2, 0.25) is 0 Å². The molecule has 1 saturated heterocycles. The number of para-hydroxylation sites is 1. The molecule has 0 unspecified atom stereocenters. The molecule has 2 aliphatic heterocycles. The number of fused-ring (bicyclic) bond motifs is 1. The molecule has 33 heavy (non-hydrogen) atoms. The van der Waals surface area contributed by atoms with Crippen LogP contribution in [-0.2, 0) is 17.9 Å². The number of hydrogen-bond donors (Lipinski definition) is 1. The summed E-state index contributed by atoms with van der Waals surface area (Å²) in [5.74, 6) is -0.335. The largest absolute Gasteiger partial charge is 0.398 e. The predicted octanol–water partition coefficient (Wildman–Crippen LogP) is 4.06. The molecule has 6 nitrogen and oxygen atoms in total. The summed E-state index contributed by atoms with van der Waals surface area (Å²) in [6.45, 7) is 2.96. The van der Waals surface area contributed by atoms with E-state index in [1.165, 1.54) is 12.8 Å². The Kier molecular flexibility index (Phi) is 5.73. The number of anilines is 3. The Bertz CT molecular complexity index is 1170. The van der Waals surface area contributed by atoms with Crippen LogP contribution in [0, 0.1) is 0 Å². The molecule has 168 valence electrons. The molecule has 0 saturated carbocycles. The SMILES string of the molecule is Nc1cc(N2CCCC2)ccc1C(=O)N1CC(=O)N(Cc2ccccc2)Cc2ccccc21. The van der Waals surface area contributed by atoms with Crippen molar-refractivity contribution in [2.75, 3.05) is 35.2 Å². The van der Waals surface area contributed by atoms with E-state index in [1.54, 1.807) is 15.9 Å². The minimum Gasteiger partial charge on any atom is -0.398 e. The first kappa shape index (κ1) is 21.1. The molecular weight excluding hydrogens is 412 g/mol. The molecule has 0 bridgehead atoms. The second kappa shape index (κ2) is 8.98. The van der Waals surface area contributed by atoms with Crippen LogP contribution in [-0.4, -0.2) is 36.3 Å². The first-order chi connectivity index (χ1) is 16.1. The van der Waals surface area contributed by atoms with Gasteiger partial charge >= 0.3 is 0 Å². The van der Waals surface area contributed by atoms with Crippen LogP contribution < -0.4 is 15.5 Å². The topological polar surface area (TPSA) is 69.9 Å². The van der Waals surface area contributed by atoms with Gasteiger partial charge in [0, 0.05) is 43.2 Å². The molecule has 3 aromatic carbocycles. The van der Waals surface area contributed by atoms with Crippen molar-refractivity contribution in [3.63, 3.8) is 0 Å². The Hall–Kier alpha value is -3.80. The zero-order valence-corrected chi connectivity index (χ0v) is 18.6. The molecule has 5 rings (SSSR count). The third-order valence-electron chi connectivity index (χ3n) is 6.49. The fourth-order valence-electron chi connectivity index (χ4n) is 4.71. The zero-order chi connectivity index (χ0) is 22.8. The Labute approximate surface area is 194 Å². The summed E-state index contributed by atoms with van der Waals surface area (Å²) in [6, 6.07) is 23.3. The van der Waals surface area contributed by atoms with Crippen LogP contribution >= 0.6 is 0 Å². The second-order valence-electron chi connectivity index (χ2n) is 8.72. The summed E-state index contributed by atoms with van der Waals surface area (Å²) in [6.07, 6.45) is 2.35. The van der Waals surface area contributed by atoms with Gasteiger partial charge in [-0.1, -0.05) is 48.5 Å². The average molecular weight is 441 g/mol. The molecule has 2 amide bonds. The van der Waals surface area contributed by atoms with E-state index in [-0.39, 0.29) is 18.4 Å². The average Bonchev–Trinajstić information content (AvgIpc) is 3.33. The van der Waals surface area contributed by atoms with Gasteiger partial charge in [-0.2, -0.15) is 0 Å². The fraction of sp³-hybridized carbons (Fsp3) is 0.259. The van der Waals surface area contributed by atoms with Crippen molar-refractivity contribution in [3.05, 3.63) is 89.5 Å². The van der Waals surface area contributed by atoms with E-state index in [4.69, 9.17) is 5.73 Å². The Morgan fingerprint density at radius 2 is 1.61 bits per heavy atom. The molecule has 2 heterocycles. The highest BCUT2D eigenvalue weighted by Crippen LogP contribution is 2.30. The van der Waals surface area contributed by atoms with Gasteiger partial charge in [-0.25, -0.2) is 0 Å². The van der Waals surface area contributed by atoms with Gasteiger partial charge in [0.05, 0.1) is 5.56 Å². The van der Waals surface area contributed by atoms with Gasteiger partial charge in [0.25, 0.3) is 5.91 Å². The normalized spacial score (nSPS) is 16.0. The van der Waals surface area contributed by atoms with E-state index < -0.39 is 0 Å². The number of hydrogen-bond acceptors (Lipinski definition) is 4. The van der Waals surface area contributed by atoms with Gasteiger partial charge in [0.1, 0.15) is 6.54 Å². The summed E-state index contributed by atoms with van der Waals surface area (Å²) in [5, 5.41) is 0.